The number of anilines is 1. The molecule has 0 atom stereocenters. The Morgan fingerprint density at radius 3 is 2.70 bits per heavy atom. The fourth-order valence-electron chi connectivity index (χ4n) is 2.46. The Bertz CT molecular complexity index is 984. The number of thioether (sulfide) groups is 1. The molecule has 0 saturated carbocycles. The number of aromatic nitrogens is 3. The maximum atomic E-state index is 13.6. The molecule has 2 heterocycles. The van der Waals surface area contributed by atoms with Gasteiger partial charge in [0.05, 0.1) is 11.4 Å². The molecule has 2 N–H and O–H groups in total. The lowest BCUT2D eigenvalue weighted by molar-refractivity contribution is 0.631. The summed E-state index contributed by atoms with van der Waals surface area (Å²) in [6.45, 7) is 1.80. The number of nitrogens with zero attached hydrogens (tertiary/aromatic N) is 3. The first-order valence-corrected chi connectivity index (χ1v) is 8.12. The van der Waals surface area contributed by atoms with Crippen molar-refractivity contribution < 1.29 is 4.39 Å². The fraction of sp³-hybridized carbons (Fsp3) is 0.188. The van der Waals surface area contributed by atoms with Gasteiger partial charge in [-0.25, -0.2) is 14.4 Å². The van der Waals surface area contributed by atoms with Gasteiger partial charge in [-0.2, -0.15) is 0 Å². The number of hydrogen-bond donors (Lipinski definition) is 1. The van der Waals surface area contributed by atoms with Crippen LogP contribution in [0.3, 0.4) is 0 Å². The SMILES string of the molecule is CSc1nc(-c2cc(N)c(F)cc2C)c2ccc(=O)n(C)c2n1. The molecule has 0 fully saturated rings. The van der Waals surface area contributed by atoms with Crippen molar-refractivity contribution in [3.8, 4) is 11.3 Å². The van der Waals surface area contributed by atoms with Crippen LogP contribution in [0.5, 0.6) is 0 Å². The van der Waals surface area contributed by atoms with E-state index in [0.717, 1.165) is 16.5 Å². The van der Waals surface area contributed by atoms with Crippen LogP contribution in [0.25, 0.3) is 22.3 Å². The van der Waals surface area contributed by atoms with Crippen molar-refractivity contribution in [3.63, 3.8) is 0 Å². The highest BCUT2D eigenvalue weighted by molar-refractivity contribution is 7.98. The van der Waals surface area contributed by atoms with E-state index in [2.05, 4.69) is 9.97 Å². The van der Waals surface area contributed by atoms with Gasteiger partial charge in [-0.1, -0.05) is 11.8 Å². The Hall–Kier alpha value is -2.41. The molecule has 0 aliphatic heterocycles. The highest BCUT2D eigenvalue weighted by Gasteiger charge is 2.15. The topological polar surface area (TPSA) is 73.8 Å². The van der Waals surface area contributed by atoms with Crippen LogP contribution in [-0.2, 0) is 7.05 Å². The van der Waals surface area contributed by atoms with E-state index in [9.17, 15) is 9.18 Å². The van der Waals surface area contributed by atoms with Crippen molar-refractivity contribution >= 4 is 28.5 Å². The van der Waals surface area contributed by atoms with Crippen LogP contribution in [0.15, 0.2) is 34.2 Å². The Kier molecular flexibility index (Phi) is 3.81. The number of nitrogens with two attached hydrogens (primary N) is 1. The van der Waals surface area contributed by atoms with Crippen LogP contribution in [0, 0.1) is 12.7 Å². The first-order valence-electron chi connectivity index (χ1n) is 6.90. The summed E-state index contributed by atoms with van der Waals surface area (Å²) in [6, 6.07) is 6.12. The number of pyridine rings is 1. The van der Waals surface area contributed by atoms with Crippen LogP contribution < -0.4 is 11.3 Å². The van der Waals surface area contributed by atoms with E-state index in [0.29, 0.717) is 16.5 Å². The standard InChI is InChI=1S/C16H15FN4OS/c1-8-6-11(17)12(18)7-10(8)14-9-4-5-13(22)21(2)15(9)20-16(19-14)23-3/h4-7H,18H2,1-3H3. The summed E-state index contributed by atoms with van der Waals surface area (Å²) in [6.07, 6.45) is 1.86. The van der Waals surface area contributed by atoms with Gasteiger partial charge in [0.15, 0.2) is 5.16 Å². The van der Waals surface area contributed by atoms with Gasteiger partial charge in [-0.15, -0.1) is 0 Å². The lowest BCUT2D eigenvalue weighted by atomic mass is 10.0. The molecule has 0 radical (unpaired) electrons. The highest BCUT2D eigenvalue weighted by Crippen LogP contribution is 2.31. The Balaban J connectivity index is 2.44. The molecule has 0 unspecified atom stereocenters. The number of nitrogen functional groups attached to an aromatic ring is 1. The molecule has 0 amide bonds. The summed E-state index contributed by atoms with van der Waals surface area (Å²) in [7, 11) is 1.66. The largest absolute Gasteiger partial charge is 0.396 e. The molecule has 0 aliphatic rings. The van der Waals surface area contributed by atoms with Crippen molar-refractivity contribution in [2.75, 3.05) is 12.0 Å². The van der Waals surface area contributed by atoms with Gasteiger partial charge in [-0.3, -0.25) is 9.36 Å². The van der Waals surface area contributed by atoms with Crippen molar-refractivity contribution in [1.82, 2.24) is 14.5 Å². The number of fused-ring (bicyclic) bond motifs is 1. The van der Waals surface area contributed by atoms with Gasteiger partial charge in [0.1, 0.15) is 11.5 Å². The molecule has 0 saturated heterocycles. The third-order valence-electron chi connectivity index (χ3n) is 3.73. The first-order chi connectivity index (χ1) is 10.9. The fourth-order valence-corrected chi connectivity index (χ4v) is 2.82. The molecule has 1 aromatic carbocycles. The molecule has 0 aliphatic carbocycles. The van der Waals surface area contributed by atoms with Crippen LogP contribution >= 0.6 is 11.8 Å². The van der Waals surface area contributed by atoms with E-state index in [1.807, 2.05) is 6.26 Å². The monoisotopic (exact) mass is 330 g/mol. The molecule has 118 valence electrons. The predicted octanol–water partition coefficient (Wildman–Crippen LogP) is 2.75. The van der Waals surface area contributed by atoms with Gasteiger partial charge >= 0.3 is 0 Å². The minimum Gasteiger partial charge on any atom is -0.396 e. The second-order valence-electron chi connectivity index (χ2n) is 5.22. The number of rotatable bonds is 2. The summed E-state index contributed by atoms with van der Waals surface area (Å²) >= 11 is 1.38. The van der Waals surface area contributed by atoms with Crippen LogP contribution in [-0.4, -0.2) is 20.8 Å². The average molecular weight is 330 g/mol. The zero-order chi connectivity index (χ0) is 16.7. The van der Waals surface area contributed by atoms with E-state index in [1.54, 1.807) is 26.1 Å². The van der Waals surface area contributed by atoms with Crippen LogP contribution in [0.4, 0.5) is 10.1 Å². The normalized spacial score (nSPS) is 11.1. The van der Waals surface area contributed by atoms with E-state index in [-0.39, 0.29) is 11.2 Å². The summed E-state index contributed by atoms with van der Waals surface area (Å²) in [5.41, 5.74) is 8.25. The third-order valence-corrected chi connectivity index (χ3v) is 4.27. The van der Waals surface area contributed by atoms with Crippen molar-refractivity contribution in [1.29, 1.82) is 0 Å². The van der Waals surface area contributed by atoms with Gasteiger partial charge < -0.3 is 5.73 Å². The molecule has 0 spiro atoms. The van der Waals surface area contributed by atoms with Gasteiger partial charge in [-0.05, 0) is 36.9 Å². The second kappa shape index (κ2) is 5.66. The number of aryl methyl sites for hydroxylation is 2. The Labute approximate surface area is 136 Å². The first kappa shape index (κ1) is 15.5. The second-order valence-corrected chi connectivity index (χ2v) is 5.99. The number of benzene rings is 1. The number of halogens is 1. The maximum Gasteiger partial charge on any atom is 0.251 e. The minimum atomic E-state index is -0.456. The van der Waals surface area contributed by atoms with Gasteiger partial charge in [0, 0.05) is 24.1 Å². The predicted molar refractivity (Wildman–Crippen MR) is 91.1 cm³/mol. The zero-order valence-electron chi connectivity index (χ0n) is 12.9. The Morgan fingerprint density at radius 2 is 2.00 bits per heavy atom. The summed E-state index contributed by atoms with van der Waals surface area (Å²) in [5, 5.41) is 1.26. The molecule has 0 bridgehead atoms. The van der Waals surface area contributed by atoms with Gasteiger partial charge in [0.2, 0.25) is 0 Å². The summed E-state index contributed by atoms with van der Waals surface area (Å²) in [5.74, 6) is -0.456. The van der Waals surface area contributed by atoms with Crippen LogP contribution in [0.2, 0.25) is 0 Å². The maximum absolute atomic E-state index is 13.6. The summed E-state index contributed by atoms with van der Waals surface area (Å²) < 4.78 is 15.1. The minimum absolute atomic E-state index is 0.0629. The highest BCUT2D eigenvalue weighted by atomic mass is 32.2. The third kappa shape index (κ3) is 2.57. The lowest BCUT2D eigenvalue weighted by Crippen LogP contribution is -2.17. The summed E-state index contributed by atoms with van der Waals surface area (Å²) in [4.78, 5) is 20.8. The lowest BCUT2D eigenvalue weighted by Gasteiger charge is -2.13. The molecule has 7 heteroatoms. The average Bonchev–Trinajstić information content (AvgIpc) is 2.53. The molecule has 2 aromatic heterocycles. The quantitative estimate of drug-likeness (QED) is 0.444. The molecule has 23 heavy (non-hydrogen) atoms. The molecule has 5 nitrogen and oxygen atoms in total. The molecule has 3 rings (SSSR count). The zero-order valence-corrected chi connectivity index (χ0v) is 13.7. The molecule has 3 aromatic rings. The van der Waals surface area contributed by atoms with E-state index in [1.165, 1.54) is 28.5 Å². The Morgan fingerprint density at radius 1 is 1.26 bits per heavy atom. The van der Waals surface area contributed by atoms with Crippen LogP contribution in [0.1, 0.15) is 5.56 Å². The molecular weight excluding hydrogens is 315 g/mol. The van der Waals surface area contributed by atoms with E-state index in [4.69, 9.17) is 5.73 Å². The molecular formula is C16H15FN4OS. The smallest absolute Gasteiger partial charge is 0.251 e. The number of hydrogen-bond acceptors (Lipinski definition) is 5. The van der Waals surface area contributed by atoms with E-state index < -0.39 is 5.82 Å². The van der Waals surface area contributed by atoms with Crippen molar-refractivity contribution in [2.45, 2.75) is 12.1 Å². The van der Waals surface area contributed by atoms with Gasteiger partial charge in [0.25, 0.3) is 5.56 Å². The van der Waals surface area contributed by atoms with Crippen molar-refractivity contribution in [3.05, 3.63) is 46.0 Å². The van der Waals surface area contributed by atoms with Crippen molar-refractivity contribution in [2.24, 2.45) is 7.05 Å². The van der Waals surface area contributed by atoms with E-state index >= 15 is 0 Å².